The molecular weight excluding hydrogens is 204 g/mol. The predicted octanol–water partition coefficient (Wildman–Crippen LogP) is 1.55. The summed E-state index contributed by atoms with van der Waals surface area (Å²) in [5.41, 5.74) is -1.18. The van der Waals surface area contributed by atoms with Crippen LogP contribution in [-0.2, 0) is 9.53 Å². The normalized spacial score (nSPS) is 30.5. The van der Waals surface area contributed by atoms with E-state index >= 15 is 0 Å². The van der Waals surface area contributed by atoms with Crippen molar-refractivity contribution in [3.63, 3.8) is 0 Å². The summed E-state index contributed by atoms with van der Waals surface area (Å²) in [5.74, 6) is -0.541. The summed E-state index contributed by atoms with van der Waals surface area (Å²) < 4.78 is 30.2. The summed E-state index contributed by atoms with van der Waals surface area (Å²) in [4.78, 5) is 13.5. The third kappa shape index (κ3) is 1.29. The Morgan fingerprint density at radius 3 is 2.80 bits per heavy atom. The van der Waals surface area contributed by atoms with Crippen LogP contribution in [0, 0.1) is 0 Å². The molecule has 0 aromatic heterocycles. The summed E-state index contributed by atoms with van der Waals surface area (Å²) in [6.45, 7) is 1.23. The fourth-order valence-electron chi connectivity index (χ4n) is 2.75. The maximum absolute atomic E-state index is 12.8. The number of hydrogen-bond donors (Lipinski definition) is 0. The molecule has 2 fully saturated rings. The molecule has 0 saturated carbocycles. The lowest BCUT2D eigenvalue weighted by Gasteiger charge is -2.29. The molecule has 84 valence electrons. The van der Waals surface area contributed by atoms with E-state index in [0.717, 1.165) is 6.42 Å². The van der Waals surface area contributed by atoms with E-state index in [-0.39, 0.29) is 12.0 Å². The maximum atomic E-state index is 12.8. The third-order valence-electron chi connectivity index (χ3n) is 3.39. The van der Waals surface area contributed by atoms with Gasteiger partial charge in [-0.3, -0.25) is 4.90 Å². The smallest absolute Gasteiger partial charge is 0.330 e. The van der Waals surface area contributed by atoms with Gasteiger partial charge >= 0.3 is 5.97 Å². The van der Waals surface area contributed by atoms with Crippen molar-refractivity contribution in [1.29, 1.82) is 0 Å². The van der Waals surface area contributed by atoms with Crippen molar-refractivity contribution in [3.05, 3.63) is 11.7 Å². The molecule has 2 aliphatic heterocycles. The van der Waals surface area contributed by atoms with Crippen LogP contribution in [-0.4, -0.2) is 36.6 Å². The lowest BCUT2D eigenvalue weighted by atomic mass is 9.89. The molecule has 0 N–H and O–H groups in total. The highest BCUT2D eigenvalue weighted by Crippen LogP contribution is 2.45. The summed E-state index contributed by atoms with van der Waals surface area (Å²) in [7, 11) is 1.25. The molecule has 1 atom stereocenters. The van der Waals surface area contributed by atoms with E-state index in [1.54, 1.807) is 0 Å². The molecule has 0 amide bonds. The van der Waals surface area contributed by atoms with Gasteiger partial charge < -0.3 is 4.74 Å². The minimum absolute atomic E-state index is 0.0353. The van der Waals surface area contributed by atoms with Gasteiger partial charge in [-0.1, -0.05) is 0 Å². The van der Waals surface area contributed by atoms with Crippen LogP contribution in [0.15, 0.2) is 11.7 Å². The fraction of sp³-hybridized carbons (Fsp3) is 0.700. The van der Waals surface area contributed by atoms with Crippen LogP contribution < -0.4 is 0 Å². The second-order valence-corrected chi connectivity index (χ2v) is 3.93. The first-order valence-corrected chi connectivity index (χ1v) is 5.01. The molecular formula is C10H13F2NO2. The summed E-state index contributed by atoms with van der Waals surface area (Å²) in [5, 5.41) is 0. The van der Waals surface area contributed by atoms with E-state index in [0.29, 0.717) is 19.5 Å². The number of esters is 1. The molecule has 1 unspecified atom stereocenters. The first kappa shape index (κ1) is 10.5. The van der Waals surface area contributed by atoms with Crippen molar-refractivity contribution in [3.8, 4) is 0 Å². The Labute approximate surface area is 86.7 Å². The average molecular weight is 217 g/mol. The zero-order valence-corrected chi connectivity index (χ0v) is 8.56. The van der Waals surface area contributed by atoms with Crippen LogP contribution in [0.3, 0.4) is 0 Å². The number of nitrogens with zero attached hydrogens (tertiary/aromatic N) is 1. The molecule has 2 heterocycles. The van der Waals surface area contributed by atoms with Gasteiger partial charge in [0.1, 0.15) is 5.54 Å². The van der Waals surface area contributed by atoms with Gasteiger partial charge in [-0.25, -0.2) is 4.79 Å². The lowest BCUT2D eigenvalue weighted by Crippen LogP contribution is -2.47. The zero-order chi connectivity index (χ0) is 11.1. The number of rotatable bonds is 1. The monoisotopic (exact) mass is 217 g/mol. The van der Waals surface area contributed by atoms with E-state index in [2.05, 4.69) is 4.74 Å². The SMILES string of the molecule is COC(=O)C12CCCN1CCC2=C(F)F. The maximum Gasteiger partial charge on any atom is 0.330 e. The Morgan fingerprint density at radius 2 is 2.20 bits per heavy atom. The standard InChI is InChI=1S/C10H13F2NO2/c1-15-9(14)10-4-2-5-13(10)6-3-7(10)8(11)12/h2-6H2,1H3. The van der Waals surface area contributed by atoms with Gasteiger partial charge in [0.15, 0.2) is 0 Å². The Balaban J connectivity index is 2.46. The minimum atomic E-state index is -1.72. The van der Waals surface area contributed by atoms with Gasteiger partial charge in [0.05, 0.1) is 7.11 Å². The summed E-state index contributed by atoms with van der Waals surface area (Å²) in [6.07, 6.45) is -0.222. The van der Waals surface area contributed by atoms with Crippen LogP contribution in [0.2, 0.25) is 0 Å². The highest BCUT2D eigenvalue weighted by atomic mass is 19.3. The van der Waals surface area contributed by atoms with Crippen molar-refractivity contribution in [2.24, 2.45) is 0 Å². The van der Waals surface area contributed by atoms with Crippen LogP contribution >= 0.6 is 0 Å². The summed E-state index contributed by atoms with van der Waals surface area (Å²) in [6, 6.07) is 0. The lowest BCUT2D eigenvalue weighted by molar-refractivity contribution is -0.149. The molecule has 0 radical (unpaired) electrons. The average Bonchev–Trinajstić information content (AvgIpc) is 2.73. The van der Waals surface area contributed by atoms with E-state index in [1.807, 2.05) is 4.90 Å². The van der Waals surface area contributed by atoms with Gasteiger partial charge in [-0.2, -0.15) is 8.78 Å². The van der Waals surface area contributed by atoms with E-state index in [4.69, 9.17) is 0 Å². The van der Waals surface area contributed by atoms with Crippen LogP contribution in [0.5, 0.6) is 0 Å². The van der Waals surface area contributed by atoms with Crippen LogP contribution in [0.1, 0.15) is 19.3 Å². The first-order chi connectivity index (χ1) is 7.13. The number of halogens is 2. The van der Waals surface area contributed by atoms with Gasteiger partial charge in [-0.15, -0.1) is 0 Å². The molecule has 2 saturated heterocycles. The van der Waals surface area contributed by atoms with Crippen molar-refractivity contribution in [2.75, 3.05) is 20.2 Å². The molecule has 0 bridgehead atoms. The third-order valence-corrected chi connectivity index (χ3v) is 3.39. The highest BCUT2D eigenvalue weighted by molar-refractivity contribution is 5.86. The molecule has 0 spiro atoms. The molecule has 15 heavy (non-hydrogen) atoms. The number of fused-ring (bicyclic) bond motifs is 1. The molecule has 0 aromatic rings. The Bertz CT molecular complexity index is 325. The van der Waals surface area contributed by atoms with Gasteiger partial charge in [0.2, 0.25) is 0 Å². The van der Waals surface area contributed by atoms with Gasteiger partial charge in [0, 0.05) is 12.1 Å². The minimum Gasteiger partial charge on any atom is -0.467 e. The number of ether oxygens (including phenoxy) is 1. The molecule has 3 nitrogen and oxygen atoms in total. The largest absolute Gasteiger partial charge is 0.467 e. The molecule has 2 rings (SSSR count). The Morgan fingerprint density at radius 1 is 1.47 bits per heavy atom. The molecule has 5 heteroatoms. The van der Waals surface area contributed by atoms with Crippen LogP contribution in [0.4, 0.5) is 8.78 Å². The molecule has 2 aliphatic rings. The van der Waals surface area contributed by atoms with E-state index in [1.165, 1.54) is 7.11 Å². The number of methoxy groups -OCH3 is 1. The van der Waals surface area contributed by atoms with Crippen LogP contribution in [0.25, 0.3) is 0 Å². The van der Waals surface area contributed by atoms with Crippen molar-refractivity contribution >= 4 is 5.97 Å². The van der Waals surface area contributed by atoms with Crippen molar-refractivity contribution in [1.82, 2.24) is 4.90 Å². The fourth-order valence-corrected chi connectivity index (χ4v) is 2.75. The Kier molecular flexibility index (Phi) is 2.50. The number of carbonyl (C=O) groups excluding carboxylic acids is 1. The second kappa shape index (κ2) is 3.56. The first-order valence-electron chi connectivity index (χ1n) is 5.01. The quantitative estimate of drug-likeness (QED) is 0.624. The highest BCUT2D eigenvalue weighted by Gasteiger charge is 2.56. The van der Waals surface area contributed by atoms with Gasteiger partial charge in [0.25, 0.3) is 6.08 Å². The van der Waals surface area contributed by atoms with E-state index in [9.17, 15) is 13.6 Å². The zero-order valence-electron chi connectivity index (χ0n) is 8.56. The second-order valence-electron chi connectivity index (χ2n) is 3.93. The summed E-state index contributed by atoms with van der Waals surface area (Å²) >= 11 is 0. The topological polar surface area (TPSA) is 29.5 Å². The van der Waals surface area contributed by atoms with Crippen molar-refractivity contribution < 1.29 is 18.3 Å². The molecule has 0 aliphatic carbocycles. The van der Waals surface area contributed by atoms with Crippen molar-refractivity contribution in [2.45, 2.75) is 24.8 Å². The van der Waals surface area contributed by atoms with E-state index < -0.39 is 17.6 Å². The molecule has 0 aromatic carbocycles. The number of hydrogen-bond acceptors (Lipinski definition) is 3. The van der Waals surface area contributed by atoms with Gasteiger partial charge in [-0.05, 0) is 25.8 Å². The number of carbonyl (C=O) groups is 1. The predicted molar refractivity (Wildman–Crippen MR) is 49.4 cm³/mol. The Hall–Kier alpha value is -0.970.